The number of hydrogen-bond acceptors (Lipinski definition) is 8. The highest BCUT2D eigenvalue weighted by Crippen LogP contribution is 2.42. The minimum absolute atomic E-state index is 0.0721. The number of thiophene rings is 2. The number of aldehydes is 1. The highest BCUT2D eigenvalue weighted by Gasteiger charge is 2.25. The Morgan fingerprint density at radius 2 is 1.69 bits per heavy atom. The highest BCUT2D eigenvalue weighted by atomic mass is 35.5. The van der Waals surface area contributed by atoms with Crippen LogP contribution in [-0.2, 0) is 19.1 Å². The molecule has 0 saturated carbocycles. The molecule has 0 radical (unpaired) electrons. The third kappa shape index (κ3) is 5.75. The van der Waals surface area contributed by atoms with Crippen molar-refractivity contribution in [2.45, 2.75) is 6.92 Å². The molecule has 1 N–H and O–H groups in total. The summed E-state index contributed by atoms with van der Waals surface area (Å²) in [7, 11) is 2.52. The molecule has 3 aromatic rings. The summed E-state index contributed by atoms with van der Waals surface area (Å²) in [5.41, 5.74) is 1.20. The Labute approximate surface area is 209 Å². The number of carbonyl (C=O) groups is 4. The van der Waals surface area contributed by atoms with Gasteiger partial charge in [-0.2, -0.15) is 0 Å². The van der Waals surface area contributed by atoms with Crippen molar-refractivity contribution in [3.8, 4) is 0 Å². The summed E-state index contributed by atoms with van der Waals surface area (Å²) in [5.74, 6) is -1.49. The first-order chi connectivity index (χ1) is 15.0. The number of ether oxygens (including phenoxy) is 2. The normalized spacial score (nSPS) is 10.3. The fourth-order valence-corrected chi connectivity index (χ4v) is 5.33. The quantitative estimate of drug-likeness (QED) is 0.317. The number of fused-ring (bicyclic) bond motifs is 1. The van der Waals surface area contributed by atoms with Gasteiger partial charge in [0.05, 0.1) is 45.0 Å². The lowest BCUT2D eigenvalue weighted by atomic mass is 10.3. The summed E-state index contributed by atoms with van der Waals surface area (Å²) < 4.78 is 10.6. The Balaban J connectivity index is 0.000000233. The van der Waals surface area contributed by atoms with Crippen molar-refractivity contribution in [3.05, 3.63) is 35.4 Å². The van der Waals surface area contributed by atoms with Crippen molar-refractivity contribution in [2.24, 2.45) is 0 Å². The van der Waals surface area contributed by atoms with Crippen molar-refractivity contribution < 1.29 is 28.7 Å². The number of rotatable bonds is 5. The van der Waals surface area contributed by atoms with Crippen LogP contribution in [-0.4, -0.2) is 49.9 Å². The molecule has 32 heavy (non-hydrogen) atoms. The number of aromatic amines is 1. The van der Waals surface area contributed by atoms with Gasteiger partial charge in [-0.15, -0.1) is 22.7 Å². The number of carbonyl (C=O) groups excluding carboxylic acids is 4. The number of nitrogens with zero attached hydrogens (tertiary/aromatic N) is 1. The summed E-state index contributed by atoms with van der Waals surface area (Å²) in [6.45, 7) is 0.916. The van der Waals surface area contributed by atoms with Gasteiger partial charge in [-0.05, 0) is 6.07 Å². The molecule has 3 aromatic heterocycles. The summed E-state index contributed by atoms with van der Waals surface area (Å²) in [6, 6.07) is 1.67. The van der Waals surface area contributed by atoms with Gasteiger partial charge in [0.2, 0.25) is 5.91 Å². The number of hydrogen-bond donors (Lipinski definition) is 1. The maximum Gasteiger partial charge on any atom is 0.354 e. The fraction of sp³-hybridized carbons (Fsp3) is 0.222. The van der Waals surface area contributed by atoms with Gasteiger partial charge in [0.1, 0.15) is 20.9 Å². The van der Waals surface area contributed by atoms with E-state index in [0.717, 1.165) is 20.9 Å². The van der Waals surface area contributed by atoms with Crippen LogP contribution in [0, 0.1) is 0 Å². The molecule has 8 nitrogen and oxygen atoms in total. The number of aromatic nitrogens is 1. The minimum Gasteiger partial charge on any atom is -0.468 e. The van der Waals surface area contributed by atoms with E-state index >= 15 is 0 Å². The van der Waals surface area contributed by atoms with Gasteiger partial charge in [-0.1, -0.05) is 46.4 Å². The van der Waals surface area contributed by atoms with E-state index in [1.54, 1.807) is 6.07 Å². The van der Waals surface area contributed by atoms with Crippen LogP contribution in [0.3, 0.4) is 0 Å². The molecule has 0 bridgehead atoms. The number of esters is 2. The van der Waals surface area contributed by atoms with Gasteiger partial charge < -0.3 is 14.5 Å². The molecule has 0 atom stereocenters. The second-order valence-corrected chi connectivity index (χ2v) is 9.87. The molecular weight excluding hydrogens is 546 g/mol. The summed E-state index contributed by atoms with van der Waals surface area (Å²) >= 11 is 25.7. The number of H-pyrrole nitrogens is 1. The molecule has 0 fully saturated rings. The molecule has 0 aliphatic rings. The van der Waals surface area contributed by atoms with Crippen LogP contribution < -0.4 is 4.90 Å². The molecule has 0 aliphatic carbocycles. The molecule has 3 rings (SSSR count). The Kier molecular flexibility index (Phi) is 9.38. The molecule has 3 heterocycles. The van der Waals surface area contributed by atoms with E-state index < -0.39 is 17.8 Å². The van der Waals surface area contributed by atoms with Crippen molar-refractivity contribution in [2.75, 3.05) is 25.7 Å². The van der Waals surface area contributed by atoms with E-state index in [1.165, 1.54) is 32.5 Å². The van der Waals surface area contributed by atoms with E-state index in [2.05, 4.69) is 14.5 Å². The molecule has 172 valence electrons. The van der Waals surface area contributed by atoms with E-state index in [0.29, 0.717) is 26.9 Å². The monoisotopic (exact) mass is 558 g/mol. The topological polar surface area (TPSA) is 106 Å². The third-order valence-electron chi connectivity index (χ3n) is 3.86. The fourth-order valence-electron chi connectivity index (χ4n) is 2.40. The van der Waals surface area contributed by atoms with Gasteiger partial charge in [0.25, 0.3) is 0 Å². The number of nitrogens with one attached hydrogen (secondary N) is 1. The van der Waals surface area contributed by atoms with Crippen LogP contribution in [0.2, 0.25) is 18.7 Å². The molecule has 1 amide bonds. The maximum atomic E-state index is 11.5. The number of amides is 1. The Hall–Kier alpha value is -1.82. The van der Waals surface area contributed by atoms with E-state index in [9.17, 15) is 19.2 Å². The van der Waals surface area contributed by atoms with Crippen LogP contribution in [0.1, 0.15) is 27.1 Å². The van der Waals surface area contributed by atoms with Gasteiger partial charge in [0, 0.05) is 6.92 Å². The predicted molar refractivity (Wildman–Crippen MR) is 127 cm³/mol. The lowest BCUT2D eigenvalue weighted by Crippen LogP contribution is -2.35. The highest BCUT2D eigenvalue weighted by molar-refractivity contribution is 7.23. The van der Waals surface area contributed by atoms with Crippen molar-refractivity contribution in [1.82, 2.24) is 4.98 Å². The number of halogens is 4. The standard InChI is InChI=1S/C10H9Cl2NO4S.C8H5Cl2NO2S/c1-5(15)13(3-7(16)17-2)9-6(4-14)18-10(12)8(9)11;1-13-8(12)3-2-4-6(11-3)5(9)7(10)14-4/h4H,3H2,1-2H3;2,11H,1H3. The van der Waals surface area contributed by atoms with Gasteiger partial charge in [-0.3, -0.25) is 19.3 Å². The second kappa shape index (κ2) is 11.4. The second-order valence-electron chi connectivity index (χ2n) is 5.81. The first-order valence-corrected chi connectivity index (χ1v) is 11.5. The van der Waals surface area contributed by atoms with Crippen molar-refractivity contribution in [3.63, 3.8) is 0 Å². The van der Waals surface area contributed by atoms with Crippen LogP contribution in [0.5, 0.6) is 0 Å². The van der Waals surface area contributed by atoms with Crippen molar-refractivity contribution >= 4 is 109 Å². The zero-order valence-corrected chi connectivity index (χ0v) is 21.2. The number of methoxy groups -OCH3 is 2. The average Bonchev–Trinajstić information content (AvgIpc) is 3.39. The lowest BCUT2D eigenvalue weighted by Gasteiger charge is -2.19. The smallest absolute Gasteiger partial charge is 0.354 e. The van der Waals surface area contributed by atoms with Crippen LogP contribution in [0.25, 0.3) is 10.2 Å². The average molecular weight is 560 g/mol. The molecule has 0 spiro atoms. The molecular formula is C18H14Cl4N2O6S2. The summed E-state index contributed by atoms with van der Waals surface area (Å²) in [4.78, 5) is 48.9. The first kappa shape index (κ1) is 26.4. The van der Waals surface area contributed by atoms with Crippen LogP contribution >= 0.6 is 69.1 Å². The van der Waals surface area contributed by atoms with E-state index in [4.69, 9.17) is 46.4 Å². The van der Waals surface area contributed by atoms with Crippen LogP contribution in [0.4, 0.5) is 5.69 Å². The Bertz CT molecular complexity index is 1190. The van der Waals surface area contributed by atoms with Gasteiger partial charge in [-0.25, -0.2) is 4.79 Å². The zero-order chi connectivity index (χ0) is 24.2. The van der Waals surface area contributed by atoms with E-state index in [1.807, 2.05) is 0 Å². The van der Waals surface area contributed by atoms with Crippen molar-refractivity contribution in [1.29, 1.82) is 0 Å². The SMILES string of the molecule is COC(=O)CN(C(C)=O)c1c(C=O)sc(Cl)c1Cl.COC(=O)c1cc2sc(Cl)c(Cl)c2[nH]1. The van der Waals surface area contributed by atoms with E-state index in [-0.39, 0.29) is 26.5 Å². The Morgan fingerprint density at radius 3 is 2.19 bits per heavy atom. The molecule has 0 unspecified atom stereocenters. The van der Waals surface area contributed by atoms with Gasteiger partial charge >= 0.3 is 11.9 Å². The van der Waals surface area contributed by atoms with Gasteiger partial charge in [0.15, 0.2) is 6.29 Å². The maximum absolute atomic E-state index is 11.5. The minimum atomic E-state index is -0.625. The summed E-state index contributed by atoms with van der Waals surface area (Å²) in [5, 5.41) is 0.518. The third-order valence-corrected chi connectivity index (χ3v) is 7.69. The zero-order valence-electron chi connectivity index (χ0n) is 16.6. The molecule has 0 aliphatic heterocycles. The largest absolute Gasteiger partial charge is 0.468 e. The lowest BCUT2D eigenvalue weighted by molar-refractivity contribution is -0.139. The Morgan fingerprint density at radius 1 is 1.06 bits per heavy atom. The predicted octanol–water partition coefficient (Wildman–Crippen LogP) is 5.72. The first-order valence-electron chi connectivity index (χ1n) is 8.38. The molecule has 14 heteroatoms. The molecule has 0 saturated heterocycles. The summed E-state index contributed by atoms with van der Waals surface area (Å²) in [6.07, 6.45) is 0.533. The van der Waals surface area contributed by atoms with Crippen LogP contribution in [0.15, 0.2) is 6.07 Å². The molecule has 0 aromatic carbocycles. The number of anilines is 1.